The van der Waals surface area contributed by atoms with Crippen molar-refractivity contribution in [3.8, 4) is 0 Å². The highest BCUT2D eigenvalue weighted by molar-refractivity contribution is 7.99. The van der Waals surface area contributed by atoms with E-state index in [4.69, 9.17) is 16.7 Å². The van der Waals surface area contributed by atoms with E-state index in [1.54, 1.807) is 18.7 Å². The van der Waals surface area contributed by atoms with Crippen LogP contribution in [-0.4, -0.2) is 29.3 Å². The highest BCUT2D eigenvalue weighted by atomic mass is 35.5. The lowest BCUT2D eigenvalue weighted by molar-refractivity contribution is -0.141. The molecule has 1 atom stereocenters. The van der Waals surface area contributed by atoms with E-state index in [0.717, 1.165) is 4.90 Å². The third-order valence-corrected chi connectivity index (χ3v) is 4.23. The number of carbonyl (C=O) groups excluding carboxylic acids is 1. The monoisotopic (exact) mass is 329 g/mol. The predicted octanol–water partition coefficient (Wildman–Crippen LogP) is 3.44. The molecule has 0 bridgehead atoms. The number of carboxylic acids is 1. The van der Waals surface area contributed by atoms with Crippen LogP contribution in [0.5, 0.6) is 0 Å². The molecule has 0 fully saturated rings. The minimum atomic E-state index is -0.791. The molecule has 0 aliphatic rings. The lowest BCUT2D eigenvalue weighted by Gasteiger charge is -2.07. The first kappa shape index (κ1) is 17.9. The Labute approximate surface area is 134 Å². The second-order valence-corrected chi connectivity index (χ2v) is 6.39. The summed E-state index contributed by atoms with van der Waals surface area (Å²) in [5, 5.41) is 12.2. The molecule has 1 aromatic rings. The molecule has 116 valence electrons. The van der Waals surface area contributed by atoms with Gasteiger partial charge in [-0.15, -0.1) is 11.8 Å². The fourth-order valence-corrected chi connectivity index (χ4v) is 2.62. The normalized spacial score (nSPS) is 11.9. The summed E-state index contributed by atoms with van der Waals surface area (Å²) in [5.41, 5.74) is 0. The Balaban J connectivity index is 2.09. The summed E-state index contributed by atoms with van der Waals surface area (Å²) in [6.45, 7) is 2.20. The lowest BCUT2D eigenvalue weighted by Crippen LogP contribution is -2.25. The van der Waals surface area contributed by atoms with Crippen LogP contribution in [-0.2, 0) is 9.59 Å². The number of carboxylic acid groups (broad SMARTS) is 1. The SMILES string of the molecule is CC(CCCNC(=O)CCSc1ccc(Cl)cc1)C(=O)O. The fourth-order valence-electron chi connectivity index (χ4n) is 1.64. The van der Waals surface area contributed by atoms with E-state index in [9.17, 15) is 9.59 Å². The van der Waals surface area contributed by atoms with Gasteiger partial charge in [-0.05, 0) is 37.1 Å². The number of hydrogen-bond donors (Lipinski definition) is 2. The Kier molecular flexibility index (Phi) is 8.23. The molecule has 1 amide bonds. The molecule has 1 aromatic carbocycles. The summed E-state index contributed by atoms with van der Waals surface area (Å²) in [7, 11) is 0. The van der Waals surface area contributed by atoms with E-state index in [1.165, 1.54) is 0 Å². The zero-order valence-corrected chi connectivity index (χ0v) is 13.5. The summed E-state index contributed by atoms with van der Waals surface area (Å²) >= 11 is 7.41. The maximum atomic E-state index is 11.6. The van der Waals surface area contributed by atoms with Gasteiger partial charge in [-0.1, -0.05) is 18.5 Å². The van der Waals surface area contributed by atoms with Crippen LogP contribution in [0, 0.1) is 5.92 Å². The highest BCUT2D eigenvalue weighted by Gasteiger charge is 2.10. The van der Waals surface area contributed by atoms with Crippen LogP contribution in [0.25, 0.3) is 0 Å². The molecule has 1 unspecified atom stereocenters. The highest BCUT2D eigenvalue weighted by Crippen LogP contribution is 2.20. The van der Waals surface area contributed by atoms with Crippen molar-refractivity contribution in [3.05, 3.63) is 29.3 Å². The van der Waals surface area contributed by atoms with Crippen LogP contribution < -0.4 is 5.32 Å². The van der Waals surface area contributed by atoms with Crippen molar-refractivity contribution in [1.29, 1.82) is 0 Å². The third-order valence-electron chi connectivity index (χ3n) is 2.97. The first-order valence-electron chi connectivity index (χ1n) is 6.87. The number of halogens is 1. The number of benzene rings is 1. The Hall–Kier alpha value is -1.20. The van der Waals surface area contributed by atoms with Crippen LogP contribution in [0.4, 0.5) is 0 Å². The molecular weight excluding hydrogens is 310 g/mol. The van der Waals surface area contributed by atoms with Gasteiger partial charge in [-0.25, -0.2) is 0 Å². The Bertz CT molecular complexity index is 464. The Morgan fingerprint density at radius 2 is 2.00 bits per heavy atom. The van der Waals surface area contributed by atoms with E-state index in [2.05, 4.69) is 5.32 Å². The number of nitrogens with one attached hydrogen (secondary N) is 1. The molecule has 0 saturated heterocycles. The Morgan fingerprint density at radius 3 is 2.62 bits per heavy atom. The number of hydrogen-bond acceptors (Lipinski definition) is 3. The average Bonchev–Trinajstić information content (AvgIpc) is 2.45. The first-order valence-corrected chi connectivity index (χ1v) is 8.23. The van der Waals surface area contributed by atoms with Crippen LogP contribution in [0.15, 0.2) is 29.2 Å². The molecular formula is C15H20ClNO3S. The van der Waals surface area contributed by atoms with Crippen molar-refractivity contribution >= 4 is 35.2 Å². The van der Waals surface area contributed by atoms with Gasteiger partial charge in [0.05, 0.1) is 5.92 Å². The second-order valence-electron chi connectivity index (χ2n) is 4.78. The molecule has 0 aliphatic carbocycles. The predicted molar refractivity (Wildman–Crippen MR) is 85.8 cm³/mol. The lowest BCUT2D eigenvalue weighted by atomic mass is 10.1. The molecule has 0 spiro atoms. The van der Waals surface area contributed by atoms with Gasteiger partial charge in [0.1, 0.15) is 0 Å². The van der Waals surface area contributed by atoms with Gasteiger partial charge in [0, 0.05) is 28.6 Å². The Morgan fingerprint density at radius 1 is 1.33 bits per heavy atom. The van der Waals surface area contributed by atoms with Gasteiger partial charge in [0.15, 0.2) is 0 Å². The number of aliphatic carboxylic acids is 1. The van der Waals surface area contributed by atoms with Gasteiger partial charge in [0.2, 0.25) is 5.91 Å². The number of rotatable bonds is 9. The summed E-state index contributed by atoms with van der Waals surface area (Å²) in [6.07, 6.45) is 1.71. The van der Waals surface area contributed by atoms with Crippen molar-refractivity contribution in [2.24, 2.45) is 5.92 Å². The molecule has 2 N–H and O–H groups in total. The van der Waals surface area contributed by atoms with E-state index in [0.29, 0.717) is 36.6 Å². The first-order chi connectivity index (χ1) is 9.99. The largest absolute Gasteiger partial charge is 0.481 e. The minimum Gasteiger partial charge on any atom is -0.481 e. The van der Waals surface area contributed by atoms with Crippen LogP contribution >= 0.6 is 23.4 Å². The van der Waals surface area contributed by atoms with Gasteiger partial charge in [-0.3, -0.25) is 9.59 Å². The number of amides is 1. The van der Waals surface area contributed by atoms with E-state index >= 15 is 0 Å². The standard InChI is InChI=1S/C15H20ClNO3S/c1-11(15(19)20)3-2-9-17-14(18)8-10-21-13-6-4-12(16)5-7-13/h4-7,11H,2-3,8-10H2,1H3,(H,17,18)(H,19,20). The summed E-state index contributed by atoms with van der Waals surface area (Å²) in [6, 6.07) is 7.51. The topological polar surface area (TPSA) is 66.4 Å². The zero-order valence-electron chi connectivity index (χ0n) is 12.0. The van der Waals surface area contributed by atoms with Crippen molar-refractivity contribution in [2.45, 2.75) is 31.1 Å². The molecule has 0 radical (unpaired) electrons. The fraction of sp³-hybridized carbons (Fsp3) is 0.467. The second kappa shape index (κ2) is 9.68. The molecule has 21 heavy (non-hydrogen) atoms. The average molecular weight is 330 g/mol. The smallest absolute Gasteiger partial charge is 0.306 e. The number of thioether (sulfide) groups is 1. The van der Waals surface area contributed by atoms with E-state index in [-0.39, 0.29) is 11.8 Å². The molecule has 1 rings (SSSR count). The zero-order chi connectivity index (χ0) is 15.7. The molecule has 0 aliphatic heterocycles. The quantitative estimate of drug-likeness (QED) is 0.538. The third kappa shape index (κ3) is 7.97. The van der Waals surface area contributed by atoms with Crippen LogP contribution in [0.3, 0.4) is 0 Å². The van der Waals surface area contributed by atoms with Crippen molar-refractivity contribution in [2.75, 3.05) is 12.3 Å². The molecule has 0 aromatic heterocycles. The van der Waals surface area contributed by atoms with E-state index in [1.807, 2.05) is 24.3 Å². The van der Waals surface area contributed by atoms with Crippen LogP contribution in [0.1, 0.15) is 26.2 Å². The van der Waals surface area contributed by atoms with Crippen molar-refractivity contribution in [3.63, 3.8) is 0 Å². The number of carbonyl (C=O) groups is 2. The van der Waals surface area contributed by atoms with Crippen LogP contribution in [0.2, 0.25) is 5.02 Å². The van der Waals surface area contributed by atoms with Gasteiger partial charge >= 0.3 is 5.97 Å². The summed E-state index contributed by atoms with van der Waals surface area (Å²) < 4.78 is 0. The summed E-state index contributed by atoms with van der Waals surface area (Å²) in [5.74, 6) is -0.443. The molecule has 4 nitrogen and oxygen atoms in total. The molecule has 6 heteroatoms. The van der Waals surface area contributed by atoms with Crippen molar-refractivity contribution < 1.29 is 14.7 Å². The van der Waals surface area contributed by atoms with E-state index < -0.39 is 5.97 Å². The summed E-state index contributed by atoms with van der Waals surface area (Å²) in [4.78, 5) is 23.3. The molecule has 0 heterocycles. The minimum absolute atomic E-state index is 0.000517. The van der Waals surface area contributed by atoms with Gasteiger partial charge in [0.25, 0.3) is 0 Å². The maximum absolute atomic E-state index is 11.6. The van der Waals surface area contributed by atoms with Crippen molar-refractivity contribution in [1.82, 2.24) is 5.32 Å². The molecule has 0 saturated carbocycles. The maximum Gasteiger partial charge on any atom is 0.306 e. The van der Waals surface area contributed by atoms with Gasteiger partial charge < -0.3 is 10.4 Å². The van der Waals surface area contributed by atoms with Gasteiger partial charge in [-0.2, -0.15) is 0 Å².